The standard InChI is InChI=1S/C17H27N3O4/c1-17(2,3)24-16(22)20-14(10-18-4)11-19-15(21)23-12-13-8-6-5-7-9-13/h5-9,14,18H,10-12H2,1-4H3,(H,19,21)(H,20,22)/t14-/m1/s1. The maximum Gasteiger partial charge on any atom is 0.407 e. The van der Waals surface area contributed by atoms with Gasteiger partial charge in [0.25, 0.3) is 0 Å². The Morgan fingerprint density at radius 2 is 1.75 bits per heavy atom. The SMILES string of the molecule is CNC[C@H](CNC(=O)OCc1ccccc1)NC(=O)OC(C)(C)C. The van der Waals surface area contributed by atoms with Crippen molar-refractivity contribution in [1.82, 2.24) is 16.0 Å². The molecule has 2 amide bonds. The second kappa shape index (κ2) is 9.77. The zero-order chi connectivity index (χ0) is 18.0. The molecular weight excluding hydrogens is 310 g/mol. The summed E-state index contributed by atoms with van der Waals surface area (Å²) in [5, 5.41) is 8.30. The zero-order valence-electron chi connectivity index (χ0n) is 14.7. The Hall–Kier alpha value is -2.28. The van der Waals surface area contributed by atoms with Crippen molar-refractivity contribution in [1.29, 1.82) is 0 Å². The summed E-state index contributed by atoms with van der Waals surface area (Å²) in [5.74, 6) is 0. The number of benzene rings is 1. The molecule has 7 nitrogen and oxygen atoms in total. The molecule has 0 aliphatic heterocycles. The van der Waals surface area contributed by atoms with E-state index in [2.05, 4.69) is 16.0 Å². The number of likely N-dealkylation sites (N-methyl/N-ethyl adjacent to an activating group) is 1. The summed E-state index contributed by atoms with van der Waals surface area (Å²) in [6, 6.07) is 9.10. The van der Waals surface area contributed by atoms with Gasteiger partial charge in [0.05, 0.1) is 6.04 Å². The largest absolute Gasteiger partial charge is 0.445 e. The monoisotopic (exact) mass is 337 g/mol. The topological polar surface area (TPSA) is 88.7 Å². The first kappa shape index (κ1) is 19.8. The van der Waals surface area contributed by atoms with E-state index in [0.717, 1.165) is 5.56 Å². The van der Waals surface area contributed by atoms with Crippen LogP contribution in [0.2, 0.25) is 0 Å². The van der Waals surface area contributed by atoms with Gasteiger partial charge in [-0.3, -0.25) is 0 Å². The number of hydrogen-bond acceptors (Lipinski definition) is 5. The van der Waals surface area contributed by atoms with Crippen LogP contribution in [0.3, 0.4) is 0 Å². The maximum atomic E-state index is 11.8. The molecular formula is C17H27N3O4. The Labute approximate surface area is 143 Å². The number of nitrogens with one attached hydrogen (secondary N) is 3. The van der Waals surface area contributed by atoms with E-state index in [1.54, 1.807) is 27.8 Å². The number of rotatable bonds is 7. The van der Waals surface area contributed by atoms with Crippen LogP contribution >= 0.6 is 0 Å². The summed E-state index contributed by atoms with van der Waals surface area (Å²) in [4.78, 5) is 23.5. The first-order chi connectivity index (χ1) is 11.3. The molecule has 0 aromatic heterocycles. The average molecular weight is 337 g/mol. The van der Waals surface area contributed by atoms with E-state index in [1.807, 2.05) is 30.3 Å². The van der Waals surface area contributed by atoms with Crippen molar-refractivity contribution in [2.75, 3.05) is 20.1 Å². The molecule has 24 heavy (non-hydrogen) atoms. The van der Waals surface area contributed by atoms with Crippen molar-refractivity contribution in [3.8, 4) is 0 Å². The fraction of sp³-hybridized carbons (Fsp3) is 0.529. The minimum absolute atomic E-state index is 0.197. The van der Waals surface area contributed by atoms with Crippen molar-refractivity contribution in [3.05, 3.63) is 35.9 Å². The molecule has 3 N–H and O–H groups in total. The fourth-order valence-corrected chi connectivity index (χ4v) is 1.88. The molecule has 0 aliphatic carbocycles. The number of ether oxygens (including phenoxy) is 2. The van der Waals surface area contributed by atoms with Gasteiger partial charge >= 0.3 is 12.2 Å². The lowest BCUT2D eigenvalue weighted by molar-refractivity contribution is 0.0502. The number of amides is 2. The van der Waals surface area contributed by atoms with E-state index in [4.69, 9.17) is 9.47 Å². The van der Waals surface area contributed by atoms with Crippen molar-refractivity contribution in [2.45, 2.75) is 39.0 Å². The van der Waals surface area contributed by atoms with Crippen LogP contribution in [0.4, 0.5) is 9.59 Å². The zero-order valence-corrected chi connectivity index (χ0v) is 14.7. The van der Waals surface area contributed by atoms with E-state index < -0.39 is 17.8 Å². The molecule has 7 heteroatoms. The van der Waals surface area contributed by atoms with Gasteiger partial charge < -0.3 is 25.4 Å². The quantitative estimate of drug-likeness (QED) is 0.708. The van der Waals surface area contributed by atoms with Crippen LogP contribution < -0.4 is 16.0 Å². The van der Waals surface area contributed by atoms with Gasteiger partial charge in [-0.05, 0) is 33.4 Å². The second-order valence-corrected chi connectivity index (χ2v) is 6.34. The third-order valence-corrected chi connectivity index (χ3v) is 2.88. The van der Waals surface area contributed by atoms with E-state index in [9.17, 15) is 9.59 Å². The molecule has 0 unspecified atom stereocenters. The van der Waals surface area contributed by atoms with Crippen LogP contribution in [0.25, 0.3) is 0 Å². The minimum atomic E-state index is -0.573. The molecule has 1 aromatic carbocycles. The van der Waals surface area contributed by atoms with Crippen LogP contribution in [-0.2, 0) is 16.1 Å². The first-order valence-electron chi connectivity index (χ1n) is 7.89. The molecule has 1 rings (SSSR count). The van der Waals surface area contributed by atoms with Crippen molar-refractivity contribution in [2.24, 2.45) is 0 Å². The van der Waals surface area contributed by atoms with Crippen LogP contribution in [0.15, 0.2) is 30.3 Å². The molecule has 134 valence electrons. The lowest BCUT2D eigenvalue weighted by Crippen LogP contribution is -2.49. The van der Waals surface area contributed by atoms with Gasteiger partial charge in [-0.1, -0.05) is 30.3 Å². The predicted octanol–water partition coefficient (Wildman–Crippen LogP) is 2.03. The molecule has 0 aliphatic rings. The molecule has 0 fully saturated rings. The summed E-state index contributed by atoms with van der Waals surface area (Å²) in [6.45, 7) is 6.28. The molecule has 0 bridgehead atoms. The van der Waals surface area contributed by atoms with Crippen molar-refractivity contribution >= 4 is 12.2 Å². The second-order valence-electron chi connectivity index (χ2n) is 6.34. The average Bonchev–Trinajstić information content (AvgIpc) is 2.50. The third kappa shape index (κ3) is 8.99. The van der Waals surface area contributed by atoms with Crippen LogP contribution in [0.5, 0.6) is 0 Å². The molecule has 0 radical (unpaired) electrons. The number of carbonyl (C=O) groups is 2. The summed E-state index contributed by atoms with van der Waals surface area (Å²) in [6.07, 6.45) is -1.06. The lowest BCUT2D eigenvalue weighted by Gasteiger charge is -2.23. The van der Waals surface area contributed by atoms with E-state index >= 15 is 0 Å². The normalized spacial score (nSPS) is 12.2. The smallest absolute Gasteiger partial charge is 0.407 e. The number of carbonyl (C=O) groups excluding carboxylic acids is 2. The number of hydrogen-bond donors (Lipinski definition) is 3. The van der Waals surface area contributed by atoms with Gasteiger partial charge in [0.1, 0.15) is 12.2 Å². The van der Waals surface area contributed by atoms with Gasteiger partial charge in [0, 0.05) is 13.1 Å². The Morgan fingerprint density at radius 3 is 2.33 bits per heavy atom. The maximum absolute atomic E-state index is 11.8. The van der Waals surface area contributed by atoms with E-state index in [0.29, 0.717) is 6.54 Å². The van der Waals surface area contributed by atoms with Crippen LogP contribution in [0.1, 0.15) is 26.3 Å². The highest BCUT2D eigenvalue weighted by molar-refractivity contribution is 5.69. The molecule has 0 spiro atoms. The number of alkyl carbamates (subject to hydrolysis) is 2. The molecule has 0 heterocycles. The predicted molar refractivity (Wildman–Crippen MR) is 91.7 cm³/mol. The van der Waals surface area contributed by atoms with Crippen molar-refractivity contribution < 1.29 is 19.1 Å². The van der Waals surface area contributed by atoms with E-state index in [1.165, 1.54) is 0 Å². The molecule has 1 atom stereocenters. The summed E-state index contributed by atoms with van der Waals surface area (Å²) >= 11 is 0. The van der Waals surface area contributed by atoms with Gasteiger partial charge in [-0.15, -0.1) is 0 Å². The molecule has 1 aromatic rings. The summed E-state index contributed by atoms with van der Waals surface area (Å²) < 4.78 is 10.3. The van der Waals surface area contributed by atoms with Gasteiger partial charge in [0.2, 0.25) is 0 Å². The molecule has 0 saturated carbocycles. The summed E-state index contributed by atoms with van der Waals surface area (Å²) in [5.41, 5.74) is 0.336. The fourth-order valence-electron chi connectivity index (χ4n) is 1.88. The van der Waals surface area contributed by atoms with Gasteiger partial charge in [-0.25, -0.2) is 9.59 Å². The highest BCUT2D eigenvalue weighted by atomic mass is 16.6. The Morgan fingerprint density at radius 1 is 1.08 bits per heavy atom. The Kier molecular flexibility index (Phi) is 8.05. The highest BCUT2D eigenvalue weighted by Crippen LogP contribution is 2.06. The van der Waals surface area contributed by atoms with Crippen LogP contribution in [0, 0.1) is 0 Å². The van der Waals surface area contributed by atoms with E-state index in [-0.39, 0.29) is 19.2 Å². The van der Waals surface area contributed by atoms with Gasteiger partial charge in [-0.2, -0.15) is 0 Å². The molecule has 0 saturated heterocycles. The Bertz CT molecular complexity index is 514. The van der Waals surface area contributed by atoms with Gasteiger partial charge in [0.15, 0.2) is 0 Å². The first-order valence-corrected chi connectivity index (χ1v) is 7.89. The van der Waals surface area contributed by atoms with Crippen LogP contribution in [-0.4, -0.2) is 44.0 Å². The highest BCUT2D eigenvalue weighted by Gasteiger charge is 2.19. The third-order valence-electron chi connectivity index (χ3n) is 2.88. The summed E-state index contributed by atoms with van der Waals surface area (Å²) in [7, 11) is 1.76. The minimum Gasteiger partial charge on any atom is -0.445 e. The Balaban J connectivity index is 2.36. The lowest BCUT2D eigenvalue weighted by atomic mass is 10.2. The van der Waals surface area contributed by atoms with Crippen molar-refractivity contribution in [3.63, 3.8) is 0 Å².